The molecule has 0 unspecified atom stereocenters. The Morgan fingerprint density at radius 2 is 1.93 bits per heavy atom. The summed E-state index contributed by atoms with van der Waals surface area (Å²) in [4.78, 5) is 4.66. The first-order chi connectivity index (χ1) is 14.0. The molecule has 29 heavy (non-hydrogen) atoms. The Morgan fingerprint density at radius 3 is 2.66 bits per heavy atom. The van der Waals surface area contributed by atoms with Gasteiger partial charge in [0.05, 0.1) is 6.61 Å². The molecule has 2 aromatic carbocycles. The standard InChI is InChI=1S/C23H30ClFN2O2/c1-29-13-12-27(17-20-14-21(24)6-7-23(20)28)15-18-8-10-26(11-9-18)16-19-4-2-3-5-22(19)25/h2-7,14,18,28H,8-13,15-17H2,1H3. The maximum atomic E-state index is 13.9. The van der Waals surface area contributed by atoms with Gasteiger partial charge in [-0.05, 0) is 56.1 Å². The molecule has 1 fully saturated rings. The number of phenols is 1. The summed E-state index contributed by atoms with van der Waals surface area (Å²) >= 11 is 6.10. The fourth-order valence-electron chi connectivity index (χ4n) is 3.94. The van der Waals surface area contributed by atoms with E-state index >= 15 is 0 Å². The van der Waals surface area contributed by atoms with Crippen molar-refractivity contribution < 1.29 is 14.2 Å². The van der Waals surface area contributed by atoms with E-state index in [4.69, 9.17) is 16.3 Å². The van der Waals surface area contributed by atoms with Crippen LogP contribution in [0.5, 0.6) is 5.75 Å². The molecule has 4 nitrogen and oxygen atoms in total. The minimum atomic E-state index is -0.123. The molecule has 0 aromatic heterocycles. The second kappa shape index (κ2) is 10.9. The van der Waals surface area contributed by atoms with Crippen molar-refractivity contribution in [3.8, 4) is 5.75 Å². The average Bonchev–Trinajstić information content (AvgIpc) is 2.72. The SMILES string of the molecule is COCCN(Cc1cc(Cl)ccc1O)CC1CCN(Cc2ccccc2F)CC1. The van der Waals surface area contributed by atoms with Gasteiger partial charge in [-0.25, -0.2) is 4.39 Å². The monoisotopic (exact) mass is 420 g/mol. The molecule has 0 saturated carbocycles. The zero-order chi connectivity index (χ0) is 20.6. The molecule has 0 amide bonds. The van der Waals surface area contributed by atoms with Crippen molar-refractivity contribution in [1.29, 1.82) is 0 Å². The summed E-state index contributed by atoms with van der Waals surface area (Å²) in [5.74, 6) is 0.725. The van der Waals surface area contributed by atoms with Crippen molar-refractivity contribution in [3.05, 3.63) is 64.4 Å². The second-order valence-electron chi connectivity index (χ2n) is 7.81. The number of aromatic hydroxyl groups is 1. The van der Waals surface area contributed by atoms with Crippen molar-refractivity contribution in [1.82, 2.24) is 9.80 Å². The highest BCUT2D eigenvalue weighted by Gasteiger charge is 2.22. The molecule has 1 aliphatic rings. The van der Waals surface area contributed by atoms with Crippen LogP contribution in [0.4, 0.5) is 4.39 Å². The number of ether oxygens (including phenoxy) is 1. The normalized spacial score (nSPS) is 15.9. The maximum Gasteiger partial charge on any atom is 0.127 e. The van der Waals surface area contributed by atoms with Gasteiger partial charge in [0.2, 0.25) is 0 Å². The van der Waals surface area contributed by atoms with Crippen molar-refractivity contribution >= 4 is 11.6 Å². The third kappa shape index (κ3) is 6.68. The Bertz CT molecular complexity index is 781. The van der Waals surface area contributed by atoms with Crippen LogP contribution in [0.2, 0.25) is 5.02 Å². The van der Waals surface area contributed by atoms with Crippen LogP contribution in [0.3, 0.4) is 0 Å². The number of hydrogen-bond acceptors (Lipinski definition) is 4. The van der Waals surface area contributed by atoms with Gasteiger partial charge >= 0.3 is 0 Å². The van der Waals surface area contributed by atoms with Gasteiger partial charge in [-0.1, -0.05) is 29.8 Å². The minimum Gasteiger partial charge on any atom is -0.508 e. The molecule has 0 spiro atoms. The largest absolute Gasteiger partial charge is 0.508 e. The smallest absolute Gasteiger partial charge is 0.127 e. The fraction of sp³-hybridized carbons (Fsp3) is 0.478. The molecular formula is C23H30ClFN2O2. The van der Waals surface area contributed by atoms with Gasteiger partial charge in [0.15, 0.2) is 0 Å². The number of methoxy groups -OCH3 is 1. The highest BCUT2D eigenvalue weighted by Crippen LogP contribution is 2.25. The maximum absolute atomic E-state index is 13.9. The molecular weight excluding hydrogens is 391 g/mol. The molecule has 6 heteroatoms. The molecule has 0 bridgehead atoms. The third-order valence-electron chi connectivity index (χ3n) is 5.62. The number of piperidine rings is 1. The summed E-state index contributed by atoms with van der Waals surface area (Å²) in [5, 5.41) is 10.8. The van der Waals surface area contributed by atoms with E-state index in [9.17, 15) is 9.50 Å². The Kier molecular flexibility index (Phi) is 8.30. The van der Waals surface area contributed by atoms with E-state index < -0.39 is 0 Å². The summed E-state index contributed by atoms with van der Waals surface area (Å²) in [6.07, 6.45) is 2.17. The summed E-state index contributed by atoms with van der Waals surface area (Å²) in [5.41, 5.74) is 1.61. The van der Waals surface area contributed by atoms with Crippen LogP contribution in [0, 0.1) is 11.7 Å². The van der Waals surface area contributed by atoms with Crippen molar-refractivity contribution in [2.45, 2.75) is 25.9 Å². The van der Waals surface area contributed by atoms with Gasteiger partial charge in [0.1, 0.15) is 11.6 Å². The van der Waals surface area contributed by atoms with Gasteiger partial charge in [0.25, 0.3) is 0 Å². The van der Waals surface area contributed by atoms with Crippen molar-refractivity contribution in [2.24, 2.45) is 5.92 Å². The van der Waals surface area contributed by atoms with Gasteiger partial charge < -0.3 is 9.84 Å². The van der Waals surface area contributed by atoms with E-state index in [1.54, 1.807) is 25.3 Å². The number of benzene rings is 2. The number of rotatable bonds is 9. The molecule has 0 aliphatic carbocycles. The van der Waals surface area contributed by atoms with E-state index in [0.29, 0.717) is 30.6 Å². The molecule has 1 saturated heterocycles. The molecule has 0 radical (unpaired) electrons. The molecule has 3 rings (SSSR count). The zero-order valence-corrected chi connectivity index (χ0v) is 17.7. The topological polar surface area (TPSA) is 35.9 Å². The number of hydrogen-bond donors (Lipinski definition) is 1. The Hall–Kier alpha value is -1.66. The fourth-order valence-corrected chi connectivity index (χ4v) is 4.13. The highest BCUT2D eigenvalue weighted by atomic mass is 35.5. The quantitative estimate of drug-likeness (QED) is 0.645. The molecule has 1 heterocycles. The van der Waals surface area contributed by atoms with E-state index in [1.807, 2.05) is 18.2 Å². The first kappa shape index (κ1) is 22.0. The van der Waals surface area contributed by atoms with Gasteiger partial charge in [0, 0.05) is 49.4 Å². The van der Waals surface area contributed by atoms with Crippen LogP contribution in [0.25, 0.3) is 0 Å². The van der Waals surface area contributed by atoms with E-state index in [0.717, 1.165) is 50.1 Å². The number of likely N-dealkylation sites (tertiary alicyclic amines) is 1. The molecule has 1 aliphatic heterocycles. The molecule has 158 valence electrons. The summed E-state index contributed by atoms with van der Waals surface area (Å²) in [7, 11) is 1.70. The van der Waals surface area contributed by atoms with E-state index in [2.05, 4.69) is 9.80 Å². The predicted molar refractivity (Wildman–Crippen MR) is 115 cm³/mol. The summed E-state index contributed by atoms with van der Waals surface area (Å²) in [6.45, 7) is 5.65. The van der Waals surface area contributed by atoms with E-state index in [1.165, 1.54) is 6.07 Å². The van der Waals surface area contributed by atoms with Gasteiger partial charge in [-0.3, -0.25) is 9.80 Å². The number of nitrogens with zero attached hydrogens (tertiary/aromatic N) is 2. The highest BCUT2D eigenvalue weighted by molar-refractivity contribution is 6.30. The Labute approximate surface area is 177 Å². The van der Waals surface area contributed by atoms with Crippen LogP contribution in [-0.2, 0) is 17.8 Å². The number of halogens is 2. The average molecular weight is 421 g/mol. The first-order valence-corrected chi connectivity index (χ1v) is 10.6. The second-order valence-corrected chi connectivity index (χ2v) is 8.25. The lowest BCUT2D eigenvalue weighted by Crippen LogP contribution is -2.39. The van der Waals surface area contributed by atoms with Crippen molar-refractivity contribution in [2.75, 3.05) is 39.9 Å². The lowest BCUT2D eigenvalue weighted by Gasteiger charge is -2.35. The van der Waals surface area contributed by atoms with Crippen LogP contribution in [-0.4, -0.2) is 54.8 Å². The Balaban J connectivity index is 1.54. The Morgan fingerprint density at radius 1 is 1.17 bits per heavy atom. The predicted octanol–water partition coefficient (Wildman–Crippen LogP) is 4.55. The number of phenolic OH excluding ortho intramolecular Hbond substituents is 1. The summed E-state index contributed by atoms with van der Waals surface area (Å²) < 4.78 is 19.2. The van der Waals surface area contributed by atoms with Crippen LogP contribution >= 0.6 is 11.6 Å². The van der Waals surface area contributed by atoms with E-state index in [-0.39, 0.29) is 11.6 Å². The summed E-state index contributed by atoms with van der Waals surface area (Å²) in [6, 6.07) is 12.2. The molecule has 2 aromatic rings. The molecule has 1 N–H and O–H groups in total. The van der Waals surface area contributed by atoms with Gasteiger partial charge in [-0.2, -0.15) is 0 Å². The van der Waals surface area contributed by atoms with Crippen LogP contribution in [0.1, 0.15) is 24.0 Å². The minimum absolute atomic E-state index is 0.123. The first-order valence-electron chi connectivity index (χ1n) is 10.2. The van der Waals surface area contributed by atoms with Crippen molar-refractivity contribution in [3.63, 3.8) is 0 Å². The molecule has 0 atom stereocenters. The van der Waals surface area contributed by atoms with Crippen LogP contribution < -0.4 is 0 Å². The lowest BCUT2D eigenvalue weighted by atomic mass is 9.95. The zero-order valence-electron chi connectivity index (χ0n) is 17.0. The van der Waals surface area contributed by atoms with Gasteiger partial charge in [-0.15, -0.1) is 0 Å². The lowest BCUT2D eigenvalue weighted by molar-refractivity contribution is 0.105. The third-order valence-corrected chi connectivity index (χ3v) is 5.86. The van der Waals surface area contributed by atoms with Crippen LogP contribution in [0.15, 0.2) is 42.5 Å².